The highest BCUT2D eigenvalue weighted by Gasteiger charge is 2.06. The summed E-state index contributed by atoms with van der Waals surface area (Å²) in [7, 11) is 0. The van der Waals surface area contributed by atoms with Gasteiger partial charge in [-0.3, -0.25) is 0 Å². The second-order valence-corrected chi connectivity index (χ2v) is 4.72. The van der Waals surface area contributed by atoms with Gasteiger partial charge in [0, 0.05) is 10.6 Å². The zero-order valence-corrected chi connectivity index (χ0v) is 11.4. The van der Waals surface area contributed by atoms with Crippen LogP contribution >= 0.6 is 11.6 Å². The van der Waals surface area contributed by atoms with Crippen molar-refractivity contribution in [2.45, 2.75) is 19.4 Å². The average Bonchev–Trinajstić information content (AvgIpc) is 2.45. The van der Waals surface area contributed by atoms with Crippen LogP contribution in [0.3, 0.4) is 0 Å². The van der Waals surface area contributed by atoms with Crippen LogP contribution in [0.4, 0.5) is 0 Å². The van der Waals surface area contributed by atoms with E-state index in [0.29, 0.717) is 22.9 Å². The molecule has 2 aromatic carbocycles. The Hall–Kier alpha value is -1.51. The summed E-state index contributed by atoms with van der Waals surface area (Å²) in [4.78, 5) is 0. The number of aliphatic hydroxyl groups is 1. The topological polar surface area (TPSA) is 29.5 Å². The molecule has 0 fully saturated rings. The lowest BCUT2D eigenvalue weighted by Crippen LogP contribution is -2.02. The van der Waals surface area contributed by atoms with Crippen molar-refractivity contribution in [2.24, 2.45) is 0 Å². The first kappa shape index (κ1) is 13.9. The number of rotatable bonds is 6. The van der Waals surface area contributed by atoms with Gasteiger partial charge >= 0.3 is 0 Å². The van der Waals surface area contributed by atoms with E-state index in [0.717, 1.165) is 12.8 Å². The van der Waals surface area contributed by atoms with Crippen LogP contribution in [0.5, 0.6) is 5.75 Å². The Kier molecular flexibility index (Phi) is 5.25. The number of hydrogen-bond acceptors (Lipinski definition) is 2. The molecule has 0 unspecified atom stereocenters. The Morgan fingerprint density at radius 3 is 2.53 bits per heavy atom. The van der Waals surface area contributed by atoms with Crippen molar-refractivity contribution in [1.82, 2.24) is 0 Å². The van der Waals surface area contributed by atoms with Gasteiger partial charge in [0.05, 0.1) is 13.2 Å². The van der Waals surface area contributed by atoms with Crippen LogP contribution in [0.2, 0.25) is 5.02 Å². The van der Waals surface area contributed by atoms with E-state index in [4.69, 9.17) is 16.3 Å². The van der Waals surface area contributed by atoms with Crippen LogP contribution in [0.25, 0.3) is 0 Å². The molecule has 0 aliphatic rings. The summed E-state index contributed by atoms with van der Waals surface area (Å²) in [5.41, 5.74) is 1.96. The summed E-state index contributed by atoms with van der Waals surface area (Å²) < 4.78 is 5.69. The fourth-order valence-electron chi connectivity index (χ4n) is 1.93. The van der Waals surface area contributed by atoms with Gasteiger partial charge in [0.2, 0.25) is 0 Å². The number of hydrogen-bond donors (Lipinski definition) is 1. The van der Waals surface area contributed by atoms with Crippen molar-refractivity contribution < 1.29 is 9.84 Å². The molecular formula is C16H17ClO2. The van der Waals surface area contributed by atoms with Gasteiger partial charge in [-0.2, -0.15) is 0 Å². The maximum atomic E-state index is 9.27. The summed E-state index contributed by atoms with van der Waals surface area (Å²) in [5, 5.41) is 9.81. The zero-order chi connectivity index (χ0) is 13.5. The van der Waals surface area contributed by atoms with Gasteiger partial charge < -0.3 is 9.84 Å². The lowest BCUT2D eigenvalue weighted by atomic mass is 10.1. The average molecular weight is 277 g/mol. The molecule has 2 aromatic rings. The van der Waals surface area contributed by atoms with Crippen molar-refractivity contribution >= 4 is 11.6 Å². The minimum absolute atomic E-state index is 0.103. The summed E-state index contributed by atoms with van der Waals surface area (Å²) in [6.07, 6.45) is 1.91. The van der Waals surface area contributed by atoms with Crippen LogP contribution in [-0.2, 0) is 13.0 Å². The fraction of sp³-hybridized carbons (Fsp3) is 0.250. The predicted octanol–water partition coefficient (Wildman–Crippen LogP) is 3.84. The highest BCUT2D eigenvalue weighted by molar-refractivity contribution is 6.31. The van der Waals surface area contributed by atoms with Gasteiger partial charge in [-0.15, -0.1) is 0 Å². The molecule has 0 radical (unpaired) electrons. The Balaban J connectivity index is 1.85. The lowest BCUT2D eigenvalue weighted by Gasteiger charge is -2.11. The highest BCUT2D eigenvalue weighted by atomic mass is 35.5. The molecule has 1 N–H and O–H groups in total. The summed E-state index contributed by atoms with van der Waals surface area (Å²) >= 11 is 6.00. The molecule has 19 heavy (non-hydrogen) atoms. The molecule has 0 saturated carbocycles. The Bertz CT molecular complexity index is 511. The third-order valence-electron chi connectivity index (χ3n) is 2.94. The standard InChI is InChI=1S/C16H17ClO2/c17-15-9-4-10-16(14(15)12-18)19-11-5-8-13-6-2-1-3-7-13/h1-4,6-7,9-10,18H,5,8,11-12H2. The molecule has 3 heteroatoms. The van der Waals surface area contributed by atoms with Crippen molar-refractivity contribution in [3.05, 3.63) is 64.7 Å². The third kappa shape index (κ3) is 3.98. The van der Waals surface area contributed by atoms with E-state index in [1.54, 1.807) is 6.07 Å². The maximum Gasteiger partial charge on any atom is 0.126 e. The van der Waals surface area contributed by atoms with Gasteiger partial charge in [0.15, 0.2) is 0 Å². The second-order valence-electron chi connectivity index (χ2n) is 4.31. The molecule has 2 rings (SSSR count). The molecule has 0 atom stereocenters. The largest absolute Gasteiger partial charge is 0.493 e. The predicted molar refractivity (Wildman–Crippen MR) is 77.6 cm³/mol. The van der Waals surface area contributed by atoms with Gasteiger partial charge in [0.1, 0.15) is 5.75 Å². The van der Waals surface area contributed by atoms with Gasteiger partial charge in [-0.05, 0) is 30.5 Å². The molecular weight excluding hydrogens is 260 g/mol. The lowest BCUT2D eigenvalue weighted by molar-refractivity contribution is 0.261. The van der Waals surface area contributed by atoms with E-state index in [2.05, 4.69) is 12.1 Å². The molecule has 0 amide bonds. The monoisotopic (exact) mass is 276 g/mol. The van der Waals surface area contributed by atoms with E-state index in [9.17, 15) is 5.11 Å². The van der Waals surface area contributed by atoms with Crippen LogP contribution in [0.15, 0.2) is 48.5 Å². The number of ether oxygens (including phenoxy) is 1. The highest BCUT2D eigenvalue weighted by Crippen LogP contribution is 2.26. The van der Waals surface area contributed by atoms with Crippen LogP contribution in [0, 0.1) is 0 Å². The van der Waals surface area contributed by atoms with E-state index < -0.39 is 0 Å². The van der Waals surface area contributed by atoms with Gasteiger partial charge in [-0.25, -0.2) is 0 Å². The third-order valence-corrected chi connectivity index (χ3v) is 3.30. The Morgan fingerprint density at radius 1 is 1.00 bits per heavy atom. The molecule has 0 aliphatic heterocycles. The normalized spacial score (nSPS) is 10.4. The minimum atomic E-state index is -0.103. The summed E-state index contributed by atoms with van der Waals surface area (Å²) in [6, 6.07) is 15.7. The fourth-order valence-corrected chi connectivity index (χ4v) is 2.16. The zero-order valence-electron chi connectivity index (χ0n) is 10.7. The van der Waals surface area contributed by atoms with Crippen molar-refractivity contribution in [1.29, 1.82) is 0 Å². The van der Waals surface area contributed by atoms with Crippen LogP contribution in [-0.4, -0.2) is 11.7 Å². The summed E-state index contributed by atoms with van der Waals surface area (Å²) in [6.45, 7) is 0.510. The molecule has 2 nitrogen and oxygen atoms in total. The number of aliphatic hydroxyl groups excluding tert-OH is 1. The molecule has 0 saturated heterocycles. The number of halogens is 1. The van der Waals surface area contributed by atoms with Crippen LogP contribution < -0.4 is 4.74 Å². The van der Waals surface area contributed by atoms with Crippen molar-refractivity contribution in [3.8, 4) is 5.75 Å². The van der Waals surface area contributed by atoms with Crippen LogP contribution in [0.1, 0.15) is 17.5 Å². The van der Waals surface area contributed by atoms with Crippen molar-refractivity contribution in [3.63, 3.8) is 0 Å². The first-order valence-corrected chi connectivity index (χ1v) is 6.74. The van der Waals surface area contributed by atoms with E-state index in [-0.39, 0.29) is 6.61 Å². The van der Waals surface area contributed by atoms with Gasteiger partial charge in [0.25, 0.3) is 0 Å². The van der Waals surface area contributed by atoms with E-state index in [1.807, 2.05) is 30.3 Å². The molecule has 0 bridgehead atoms. The van der Waals surface area contributed by atoms with Gasteiger partial charge in [-0.1, -0.05) is 48.0 Å². The maximum absolute atomic E-state index is 9.27. The second kappa shape index (κ2) is 7.17. The number of benzene rings is 2. The molecule has 0 heterocycles. The van der Waals surface area contributed by atoms with E-state index in [1.165, 1.54) is 5.56 Å². The van der Waals surface area contributed by atoms with E-state index >= 15 is 0 Å². The smallest absolute Gasteiger partial charge is 0.126 e. The quantitative estimate of drug-likeness (QED) is 0.812. The number of aryl methyl sites for hydroxylation is 1. The Labute approximate surface area is 118 Å². The first-order valence-electron chi connectivity index (χ1n) is 6.36. The molecule has 0 aliphatic carbocycles. The summed E-state index contributed by atoms with van der Waals surface area (Å²) in [5.74, 6) is 0.670. The Morgan fingerprint density at radius 2 is 1.79 bits per heavy atom. The van der Waals surface area contributed by atoms with Crippen molar-refractivity contribution in [2.75, 3.05) is 6.61 Å². The molecule has 100 valence electrons. The first-order chi connectivity index (χ1) is 9.31. The molecule has 0 aromatic heterocycles. The molecule has 0 spiro atoms. The SMILES string of the molecule is OCc1c(Cl)cccc1OCCCc1ccccc1. The minimum Gasteiger partial charge on any atom is -0.493 e.